The molecule has 158 valence electrons. The molecule has 8 heteroatoms. The molecule has 3 aromatic rings. The fourth-order valence-corrected chi connectivity index (χ4v) is 3.28. The smallest absolute Gasteiger partial charge is 0.331 e. The Morgan fingerprint density at radius 3 is 2.50 bits per heavy atom. The number of unbranched alkanes of at least 4 members (excludes halogenated alkanes) is 1. The highest BCUT2D eigenvalue weighted by Crippen LogP contribution is 2.28. The molecule has 0 atom stereocenters. The summed E-state index contributed by atoms with van der Waals surface area (Å²) in [7, 11) is 3.03. The van der Waals surface area contributed by atoms with Crippen LogP contribution >= 0.6 is 0 Å². The zero-order valence-corrected chi connectivity index (χ0v) is 17.3. The third-order valence-corrected chi connectivity index (χ3v) is 4.85. The van der Waals surface area contributed by atoms with Crippen molar-refractivity contribution in [3.8, 4) is 11.5 Å². The molecule has 1 N–H and O–H groups in total. The van der Waals surface area contributed by atoms with Crippen LogP contribution in [0.2, 0.25) is 0 Å². The second kappa shape index (κ2) is 9.30. The van der Waals surface area contributed by atoms with Crippen LogP contribution in [-0.2, 0) is 17.9 Å². The van der Waals surface area contributed by atoms with Gasteiger partial charge in [-0.2, -0.15) is 0 Å². The summed E-state index contributed by atoms with van der Waals surface area (Å²) in [5, 5.41) is 3.17. The molecule has 0 saturated heterocycles. The van der Waals surface area contributed by atoms with Crippen LogP contribution in [0.25, 0.3) is 10.9 Å². The molecule has 0 spiro atoms. The van der Waals surface area contributed by atoms with Crippen LogP contribution in [0.1, 0.15) is 19.8 Å². The van der Waals surface area contributed by atoms with E-state index in [1.54, 1.807) is 42.5 Å². The average molecular weight is 411 g/mol. The molecule has 1 amide bonds. The van der Waals surface area contributed by atoms with E-state index in [2.05, 4.69) is 5.32 Å². The van der Waals surface area contributed by atoms with E-state index in [-0.39, 0.29) is 12.1 Å². The molecule has 0 fully saturated rings. The lowest BCUT2D eigenvalue weighted by molar-refractivity contribution is -0.116. The van der Waals surface area contributed by atoms with Crippen molar-refractivity contribution in [3.05, 3.63) is 63.3 Å². The number of hydrogen-bond acceptors (Lipinski definition) is 5. The van der Waals surface area contributed by atoms with E-state index in [9.17, 15) is 14.4 Å². The summed E-state index contributed by atoms with van der Waals surface area (Å²) >= 11 is 0. The van der Waals surface area contributed by atoms with E-state index >= 15 is 0 Å². The van der Waals surface area contributed by atoms with Gasteiger partial charge in [-0.05, 0) is 30.7 Å². The lowest BCUT2D eigenvalue weighted by atomic mass is 10.2. The van der Waals surface area contributed by atoms with E-state index < -0.39 is 11.6 Å². The molecular formula is C22H25N3O5. The maximum absolute atomic E-state index is 13.0. The van der Waals surface area contributed by atoms with Gasteiger partial charge in [-0.25, -0.2) is 4.79 Å². The molecule has 0 saturated carbocycles. The first-order chi connectivity index (χ1) is 14.5. The molecule has 1 heterocycles. The number of ether oxygens (including phenoxy) is 2. The first kappa shape index (κ1) is 21.2. The number of rotatable bonds is 8. The lowest BCUT2D eigenvalue weighted by Gasteiger charge is -2.15. The van der Waals surface area contributed by atoms with E-state index in [1.165, 1.54) is 23.4 Å². The number of amides is 1. The highest BCUT2D eigenvalue weighted by Gasteiger charge is 2.16. The SMILES string of the molecule is CCCCn1c(=O)c2ccccc2n(CC(=O)Nc2cc(OC)ccc2OC)c1=O. The molecule has 0 radical (unpaired) electrons. The van der Waals surface area contributed by atoms with Crippen LogP contribution < -0.4 is 26.0 Å². The summed E-state index contributed by atoms with van der Waals surface area (Å²) < 4.78 is 13.0. The van der Waals surface area contributed by atoms with Crippen molar-refractivity contribution in [2.75, 3.05) is 19.5 Å². The average Bonchev–Trinajstić information content (AvgIpc) is 2.76. The topological polar surface area (TPSA) is 91.6 Å². The molecule has 8 nitrogen and oxygen atoms in total. The molecule has 0 unspecified atom stereocenters. The number of nitrogens with zero attached hydrogens (tertiary/aromatic N) is 2. The zero-order valence-electron chi connectivity index (χ0n) is 17.3. The summed E-state index contributed by atoms with van der Waals surface area (Å²) in [5.74, 6) is 0.602. The van der Waals surface area contributed by atoms with Crippen LogP contribution in [0.4, 0.5) is 5.69 Å². The number of fused-ring (bicyclic) bond motifs is 1. The number of nitrogens with one attached hydrogen (secondary N) is 1. The molecule has 1 aromatic heterocycles. The Balaban J connectivity index is 2.00. The highest BCUT2D eigenvalue weighted by molar-refractivity contribution is 5.93. The van der Waals surface area contributed by atoms with Gasteiger partial charge in [0, 0.05) is 12.6 Å². The molecular weight excluding hydrogens is 386 g/mol. The summed E-state index contributed by atoms with van der Waals surface area (Å²) in [6.45, 7) is 2.05. The normalized spacial score (nSPS) is 10.8. The van der Waals surface area contributed by atoms with Gasteiger partial charge in [0.2, 0.25) is 5.91 Å². The van der Waals surface area contributed by atoms with Gasteiger partial charge in [0.15, 0.2) is 0 Å². The van der Waals surface area contributed by atoms with Crippen molar-refractivity contribution < 1.29 is 14.3 Å². The van der Waals surface area contributed by atoms with Crippen molar-refractivity contribution in [1.82, 2.24) is 9.13 Å². The quantitative estimate of drug-likeness (QED) is 0.615. The van der Waals surface area contributed by atoms with Gasteiger partial charge in [-0.15, -0.1) is 0 Å². The van der Waals surface area contributed by atoms with Gasteiger partial charge in [-0.3, -0.25) is 18.7 Å². The van der Waals surface area contributed by atoms with Gasteiger partial charge in [0.25, 0.3) is 5.56 Å². The van der Waals surface area contributed by atoms with E-state index in [0.29, 0.717) is 41.1 Å². The van der Waals surface area contributed by atoms with Gasteiger partial charge in [-0.1, -0.05) is 25.5 Å². The minimum Gasteiger partial charge on any atom is -0.497 e. The number of aromatic nitrogens is 2. The van der Waals surface area contributed by atoms with Gasteiger partial charge < -0.3 is 14.8 Å². The Kier molecular flexibility index (Phi) is 6.56. The summed E-state index contributed by atoms with van der Waals surface area (Å²) in [6, 6.07) is 11.8. The molecule has 0 aliphatic rings. The van der Waals surface area contributed by atoms with Gasteiger partial charge >= 0.3 is 5.69 Å². The Morgan fingerprint density at radius 2 is 1.80 bits per heavy atom. The number of carbonyl (C=O) groups excluding carboxylic acids is 1. The maximum atomic E-state index is 13.0. The van der Waals surface area contributed by atoms with E-state index in [1.807, 2.05) is 6.92 Å². The molecule has 0 bridgehead atoms. The second-order valence-corrected chi connectivity index (χ2v) is 6.81. The number of anilines is 1. The van der Waals surface area contributed by atoms with Crippen molar-refractivity contribution in [1.29, 1.82) is 0 Å². The van der Waals surface area contributed by atoms with Crippen molar-refractivity contribution in [2.24, 2.45) is 0 Å². The molecule has 30 heavy (non-hydrogen) atoms. The standard InChI is InChI=1S/C22H25N3O5/c1-4-5-12-24-21(27)16-8-6-7-9-18(16)25(22(24)28)14-20(26)23-17-13-15(29-2)10-11-19(17)30-3/h6-11,13H,4-5,12,14H2,1-3H3,(H,23,26). The minimum atomic E-state index is -0.500. The monoisotopic (exact) mass is 411 g/mol. The van der Waals surface area contributed by atoms with Gasteiger partial charge in [0.1, 0.15) is 18.0 Å². The predicted molar refractivity (Wildman–Crippen MR) is 116 cm³/mol. The number of para-hydroxylation sites is 1. The molecule has 3 rings (SSSR count). The van der Waals surface area contributed by atoms with Crippen molar-refractivity contribution >= 4 is 22.5 Å². The van der Waals surface area contributed by atoms with Crippen LogP contribution in [0.5, 0.6) is 11.5 Å². The second-order valence-electron chi connectivity index (χ2n) is 6.81. The van der Waals surface area contributed by atoms with Crippen LogP contribution in [0.15, 0.2) is 52.1 Å². The largest absolute Gasteiger partial charge is 0.497 e. The Bertz CT molecular complexity index is 1180. The van der Waals surface area contributed by atoms with E-state index in [0.717, 1.165) is 6.42 Å². The number of methoxy groups -OCH3 is 2. The third kappa shape index (κ3) is 4.22. The first-order valence-corrected chi connectivity index (χ1v) is 9.74. The molecule has 0 aliphatic carbocycles. The Hall–Kier alpha value is -3.55. The van der Waals surface area contributed by atoms with E-state index in [4.69, 9.17) is 9.47 Å². The molecule has 0 aliphatic heterocycles. The maximum Gasteiger partial charge on any atom is 0.331 e. The van der Waals surface area contributed by atoms with Crippen LogP contribution in [-0.4, -0.2) is 29.3 Å². The Labute approximate surface area is 173 Å². The highest BCUT2D eigenvalue weighted by atomic mass is 16.5. The number of benzene rings is 2. The van der Waals surface area contributed by atoms with Crippen molar-refractivity contribution in [3.63, 3.8) is 0 Å². The summed E-state index contributed by atoms with van der Waals surface area (Å²) in [6.07, 6.45) is 1.54. The minimum absolute atomic E-state index is 0.244. The van der Waals surface area contributed by atoms with Crippen molar-refractivity contribution in [2.45, 2.75) is 32.9 Å². The van der Waals surface area contributed by atoms with Crippen LogP contribution in [0.3, 0.4) is 0 Å². The lowest BCUT2D eigenvalue weighted by Crippen LogP contribution is -2.41. The number of hydrogen-bond donors (Lipinski definition) is 1. The van der Waals surface area contributed by atoms with Crippen LogP contribution in [0, 0.1) is 0 Å². The fraction of sp³-hybridized carbons (Fsp3) is 0.318. The Morgan fingerprint density at radius 1 is 1.03 bits per heavy atom. The number of carbonyl (C=O) groups is 1. The third-order valence-electron chi connectivity index (χ3n) is 4.85. The summed E-state index contributed by atoms with van der Waals surface area (Å²) in [4.78, 5) is 38.6. The molecule has 2 aromatic carbocycles. The first-order valence-electron chi connectivity index (χ1n) is 9.74. The summed E-state index contributed by atoms with van der Waals surface area (Å²) in [5.41, 5.74) is 0.0154. The predicted octanol–water partition coefficient (Wildman–Crippen LogP) is 2.62. The zero-order chi connectivity index (χ0) is 21.7. The fourth-order valence-electron chi connectivity index (χ4n) is 3.28. The van der Waals surface area contributed by atoms with Gasteiger partial charge in [0.05, 0.1) is 30.8 Å².